The van der Waals surface area contributed by atoms with Crippen molar-refractivity contribution in [2.45, 2.75) is 218 Å². The maximum atomic E-state index is 10.1. The summed E-state index contributed by atoms with van der Waals surface area (Å²) in [5.74, 6) is 0. The van der Waals surface area contributed by atoms with Crippen LogP contribution in [0.5, 0.6) is 0 Å². The van der Waals surface area contributed by atoms with Crippen molar-refractivity contribution in [2.75, 3.05) is 27.4 Å². The third kappa shape index (κ3) is 18.7. The van der Waals surface area contributed by atoms with E-state index >= 15 is 0 Å². The minimum absolute atomic E-state index is 0.406. The van der Waals surface area contributed by atoms with Crippen LogP contribution < -0.4 is 0 Å². The van der Waals surface area contributed by atoms with Crippen molar-refractivity contribution in [1.29, 1.82) is 0 Å². The molecule has 10 heteroatoms. The van der Waals surface area contributed by atoms with Gasteiger partial charge in [0.15, 0.2) is 12.6 Å². The van der Waals surface area contributed by atoms with Crippen molar-refractivity contribution in [3.63, 3.8) is 0 Å². The van der Waals surface area contributed by atoms with Crippen LogP contribution in [0.3, 0.4) is 0 Å². The SMILES string of the molecule is CCCCCCCCCCCCOC1[C@H](OC)OC(C)[C@H](O)[C@@H]1O.CCCCCCCCCCCCO[C@@H]1C(O)[C@H](OC)OC(C)[C@@H]1O. The molecular formula is C38H76O10. The standard InChI is InChI=1S/2C19H38O5/c1-4-5-6-7-8-9-10-11-12-13-14-23-18-16(20)15(2)24-19(22-3)17(18)21;1-4-5-6-7-8-9-10-11-12-13-14-23-18-17(21)16(20)15(2)24-19(18)22-3/h2*15-21H,4-14H2,1-3H3/t15?,16-,17?,18-,19+;15?,16-,17-,18?,19+/m00/s1. The first-order valence-corrected chi connectivity index (χ1v) is 19.5. The average molecular weight is 693 g/mol. The van der Waals surface area contributed by atoms with Gasteiger partial charge in [-0.05, 0) is 26.7 Å². The van der Waals surface area contributed by atoms with Gasteiger partial charge in [-0.15, -0.1) is 0 Å². The number of hydrogen-bond acceptors (Lipinski definition) is 10. The van der Waals surface area contributed by atoms with Gasteiger partial charge in [0, 0.05) is 27.4 Å². The van der Waals surface area contributed by atoms with Crippen molar-refractivity contribution in [3.8, 4) is 0 Å². The number of aliphatic hydroxyl groups excluding tert-OH is 4. The van der Waals surface area contributed by atoms with E-state index in [2.05, 4.69) is 13.8 Å². The Balaban J connectivity index is 0.000000480. The zero-order valence-corrected chi connectivity index (χ0v) is 31.6. The lowest BCUT2D eigenvalue weighted by atomic mass is 9.99. The molecule has 0 amide bonds. The lowest BCUT2D eigenvalue weighted by Crippen LogP contribution is -2.58. The summed E-state index contributed by atoms with van der Waals surface area (Å²) >= 11 is 0. The van der Waals surface area contributed by atoms with Crippen molar-refractivity contribution >= 4 is 0 Å². The number of ether oxygens (including phenoxy) is 6. The van der Waals surface area contributed by atoms with E-state index in [1.807, 2.05) is 0 Å². The second kappa shape index (κ2) is 29.2. The van der Waals surface area contributed by atoms with Crippen molar-refractivity contribution < 1.29 is 48.8 Å². The quantitative estimate of drug-likeness (QED) is 0.0716. The number of hydrogen-bond donors (Lipinski definition) is 4. The van der Waals surface area contributed by atoms with E-state index in [1.165, 1.54) is 117 Å². The second-order valence-corrected chi connectivity index (χ2v) is 13.9. The molecule has 0 saturated carbocycles. The Bertz CT molecular complexity index is 684. The molecule has 10 atom stereocenters. The number of rotatable bonds is 26. The Morgan fingerprint density at radius 1 is 0.417 bits per heavy atom. The predicted molar refractivity (Wildman–Crippen MR) is 190 cm³/mol. The van der Waals surface area contributed by atoms with Gasteiger partial charge in [-0.2, -0.15) is 0 Å². The van der Waals surface area contributed by atoms with Gasteiger partial charge in [-0.25, -0.2) is 0 Å². The Kier molecular flexibility index (Phi) is 27.8. The fraction of sp³-hybridized carbons (Fsp3) is 1.00. The van der Waals surface area contributed by atoms with Gasteiger partial charge in [-0.1, -0.05) is 129 Å². The molecule has 0 aliphatic carbocycles. The topological polar surface area (TPSA) is 136 Å². The molecule has 2 rings (SSSR count). The summed E-state index contributed by atoms with van der Waals surface area (Å²) in [6.07, 6.45) is 18.3. The molecular weight excluding hydrogens is 616 g/mol. The first kappa shape index (κ1) is 45.6. The molecule has 2 aliphatic heterocycles. The van der Waals surface area contributed by atoms with E-state index < -0.39 is 61.4 Å². The van der Waals surface area contributed by atoms with E-state index in [4.69, 9.17) is 28.4 Å². The summed E-state index contributed by atoms with van der Waals surface area (Å²) < 4.78 is 32.7. The second-order valence-electron chi connectivity index (χ2n) is 13.9. The molecule has 10 nitrogen and oxygen atoms in total. The van der Waals surface area contributed by atoms with E-state index in [-0.39, 0.29) is 0 Å². The molecule has 2 fully saturated rings. The van der Waals surface area contributed by atoms with Crippen LogP contribution in [0.15, 0.2) is 0 Å². The van der Waals surface area contributed by atoms with Gasteiger partial charge in [0.25, 0.3) is 0 Å². The number of unbranched alkanes of at least 4 members (excludes halogenated alkanes) is 18. The van der Waals surface area contributed by atoms with Crippen LogP contribution in [0, 0.1) is 0 Å². The molecule has 4 N–H and O–H groups in total. The van der Waals surface area contributed by atoms with Gasteiger partial charge in [0.1, 0.15) is 36.6 Å². The molecule has 0 aromatic carbocycles. The maximum absolute atomic E-state index is 10.1. The van der Waals surface area contributed by atoms with E-state index in [0.29, 0.717) is 13.2 Å². The van der Waals surface area contributed by atoms with Gasteiger partial charge < -0.3 is 48.8 Å². The minimum atomic E-state index is -0.971. The normalized spacial score (nSPS) is 30.6. The highest BCUT2D eigenvalue weighted by Gasteiger charge is 2.44. The number of methoxy groups -OCH3 is 2. The molecule has 2 heterocycles. The first-order chi connectivity index (χ1) is 23.2. The van der Waals surface area contributed by atoms with E-state index in [0.717, 1.165) is 25.7 Å². The third-order valence-corrected chi connectivity index (χ3v) is 9.65. The van der Waals surface area contributed by atoms with Crippen LogP contribution in [0.25, 0.3) is 0 Å². The lowest BCUT2D eigenvalue weighted by molar-refractivity contribution is -0.296. The van der Waals surface area contributed by atoms with Crippen LogP contribution >= 0.6 is 0 Å². The van der Waals surface area contributed by atoms with Gasteiger partial charge in [0.05, 0.1) is 12.2 Å². The van der Waals surface area contributed by atoms with E-state index in [9.17, 15) is 20.4 Å². The molecule has 0 radical (unpaired) electrons. The van der Waals surface area contributed by atoms with Crippen LogP contribution in [0.4, 0.5) is 0 Å². The molecule has 0 aromatic rings. The highest BCUT2D eigenvalue weighted by molar-refractivity contribution is 4.89. The largest absolute Gasteiger partial charge is 0.388 e. The summed E-state index contributed by atoms with van der Waals surface area (Å²) in [4.78, 5) is 0. The fourth-order valence-electron chi connectivity index (χ4n) is 6.38. The third-order valence-electron chi connectivity index (χ3n) is 9.65. The Labute approximate surface area is 293 Å². The molecule has 0 spiro atoms. The smallest absolute Gasteiger partial charge is 0.186 e. The lowest BCUT2D eigenvalue weighted by Gasteiger charge is -2.40. The Morgan fingerprint density at radius 2 is 0.771 bits per heavy atom. The summed E-state index contributed by atoms with van der Waals surface area (Å²) in [5, 5.41) is 40.3. The monoisotopic (exact) mass is 693 g/mol. The van der Waals surface area contributed by atoms with E-state index in [1.54, 1.807) is 13.8 Å². The summed E-state index contributed by atoms with van der Waals surface area (Å²) in [6, 6.07) is 0. The van der Waals surface area contributed by atoms with Gasteiger partial charge in [-0.3, -0.25) is 0 Å². The van der Waals surface area contributed by atoms with Crippen LogP contribution in [-0.2, 0) is 28.4 Å². The van der Waals surface area contributed by atoms with Crippen LogP contribution in [0.2, 0.25) is 0 Å². The molecule has 4 unspecified atom stereocenters. The Hall–Kier alpha value is -0.400. The number of aliphatic hydroxyl groups is 4. The first-order valence-electron chi connectivity index (χ1n) is 19.5. The fourth-order valence-corrected chi connectivity index (χ4v) is 6.38. The Morgan fingerprint density at radius 3 is 1.19 bits per heavy atom. The van der Waals surface area contributed by atoms with Crippen LogP contribution in [0.1, 0.15) is 156 Å². The molecule has 0 aromatic heterocycles. The zero-order valence-electron chi connectivity index (χ0n) is 31.6. The molecule has 2 aliphatic rings. The molecule has 2 saturated heterocycles. The maximum Gasteiger partial charge on any atom is 0.186 e. The average Bonchev–Trinajstić information content (AvgIpc) is 3.08. The van der Waals surface area contributed by atoms with Crippen molar-refractivity contribution in [2.24, 2.45) is 0 Å². The molecule has 0 bridgehead atoms. The summed E-state index contributed by atoms with van der Waals surface area (Å²) in [5.41, 5.74) is 0. The van der Waals surface area contributed by atoms with Crippen molar-refractivity contribution in [1.82, 2.24) is 0 Å². The summed E-state index contributed by atoms with van der Waals surface area (Å²) in [6.45, 7) is 9.09. The van der Waals surface area contributed by atoms with Crippen molar-refractivity contribution in [3.05, 3.63) is 0 Å². The minimum Gasteiger partial charge on any atom is -0.388 e. The van der Waals surface area contributed by atoms with Crippen LogP contribution in [-0.4, -0.2) is 109 Å². The highest BCUT2D eigenvalue weighted by atomic mass is 16.7. The molecule has 48 heavy (non-hydrogen) atoms. The van der Waals surface area contributed by atoms with Gasteiger partial charge >= 0.3 is 0 Å². The highest BCUT2D eigenvalue weighted by Crippen LogP contribution is 2.25. The summed E-state index contributed by atoms with van der Waals surface area (Å²) in [7, 11) is 3.01. The van der Waals surface area contributed by atoms with Gasteiger partial charge in [0.2, 0.25) is 0 Å². The predicted octanol–water partition coefficient (Wildman–Crippen LogP) is 6.81. The zero-order chi connectivity index (χ0) is 35.6. The molecule has 288 valence electrons.